The predicted molar refractivity (Wildman–Crippen MR) is 87.0 cm³/mol. The molecular weight excluding hydrogens is 290 g/mol. The van der Waals surface area contributed by atoms with Crippen LogP contribution in [0.15, 0.2) is 66.9 Å². The first kappa shape index (κ1) is 15.0. The van der Waals surface area contributed by atoms with E-state index in [4.69, 9.17) is 4.84 Å². The normalized spacial score (nSPS) is 10.5. The summed E-state index contributed by atoms with van der Waals surface area (Å²) in [4.78, 5) is 17.5. The molecule has 1 amide bonds. The summed E-state index contributed by atoms with van der Waals surface area (Å²) in [6, 6.07) is 19.3. The molecule has 1 N–H and O–H groups in total. The smallest absolute Gasteiger partial charge is 0.269 e. The van der Waals surface area contributed by atoms with E-state index < -0.39 is 0 Å². The molecule has 116 valence electrons. The Morgan fingerprint density at radius 1 is 1.09 bits per heavy atom. The number of nitrogens with one attached hydrogen (secondary N) is 1. The number of hydrogen-bond donors (Lipinski definition) is 1. The van der Waals surface area contributed by atoms with Crippen LogP contribution in [0.2, 0.25) is 0 Å². The summed E-state index contributed by atoms with van der Waals surface area (Å²) in [5, 5.41) is 4.27. The van der Waals surface area contributed by atoms with Gasteiger partial charge in [0.2, 0.25) is 0 Å². The van der Waals surface area contributed by atoms with Gasteiger partial charge in [-0.2, -0.15) is 5.10 Å². The van der Waals surface area contributed by atoms with Gasteiger partial charge in [0, 0.05) is 0 Å². The SMILES string of the molecule is Cc1c(C(=O)NOCc2ccccc2)cnn1-c1ccccc1. The van der Waals surface area contributed by atoms with E-state index in [0.717, 1.165) is 16.9 Å². The average Bonchev–Trinajstić information content (AvgIpc) is 2.98. The van der Waals surface area contributed by atoms with Gasteiger partial charge in [-0.05, 0) is 24.6 Å². The molecule has 0 saturated heterocycles. The Hall–Kier alpha value is -2.92. The first-order chi connectivity index (χ1) is 11.3. The second-order valence-electron chi connectivity index (χ2n) is 5.10. The Morgan fingerprint density at radius 3 is 2.43 bits per heavy atom. The van der Waals surface area contributed by atoms with Crippen LogP contribution < -0.4 is 5.48 Å². The number of aromatic nitrogens is 2. The van der Waals surface area contributed by atoms with E-state index in [2.05, 4.69) is 10.6 Å². The fourth-order valence-electron chi connectivity index (χ4n) is 2.28. The van der Waals surface area contributed by atoms with Crippen molar-refractivity contribution in [3.05, 3.63) is 83.7 Å². The van der Waals surface area contributed by atoms with Crippen molar-refractivity contribution in [1.29, 1.82) is 0 Å². The van der Waals surface area contributed by atoms with Crippen molar-refractivity contribution in [3.8, 4) is 5.69 Å². The van der Waals surface area contributed by atoms with E-state index in [1.54, 1.807) is 10.9 Å². The number of hydrogen-bond acceptors (Lipinski definition) is 3. The number of carbonyl (C=O) groups excluding carboxylic acids is 1. The van der Waals surface area contributed by atoms with E-state index in [1.165, 1.54) is 0 Å². The lowest BCUT2D eigenvalue weighted by Gasteiger charge is -2.07. The third-order valence-corrected chi connectivity index (χ3v) is 3.50. The lowest BCUT2D eigenvalue weighted by molar-refractivity contribution is 0.0233. The van der Waals surface area contributed by atoms with Crippen molar-refractivity contribution in [2.45, 2.75) is 13.5 Å². The van der Waals surface area contributed by atoms with Gasteiger partial charge < -0.3 is 0 Å². The molecule has 5 heteroatoms. The molecule has 0 aliphatic carbocycles. The van der Waals surface area contributed by atoms with E-state index in [9.17, 15) is 4.79 Å². The highest BCUT2D eigenvalue weighted by Gasteiger charge is 2.15. The summed E-state index contributed by atoms with van der Waals surface area (Å²) >= 11 is 0. The highest BCUT2D eigenvalue weighted by molar-refractivity contribution is 5.94. The zero-order valence-electron chi connectivity index (χ0n) is 12.8. The molecule has 1 heterocycles. The maximum atomic E-state index is 12.2. The van der Waals surface area contributed by atoms with Crippen molar-refractivity contribution >= 4 is 5.91 Å². The lowest BCUT2D eigenvalue weighted by Crippen LogP contribution is -2.24. The minimum absolute atomic E-state index is 0.305. The molecule has 5 nitrogen and oxygen atoms in total. The number of para-hydroxylation sites is 1. The van der Waals surface area contributed by atoms with Gasteiger partial charge in [-0.3, -0.25) is 9.63 Å². The summed E-state index contributed by atoms with van der Waals surface area (Å²) in [6.45, 7) is 2.17. The minimum atomic E-state index is -0.305. The molecule has 23 heavy (non-hydrogen) atoms. The van der Waals surface area contributed by atoms with Gasteiger partial charge in [-0.1, -0.05) is 48.5 Å². The van der Waals surface area contributed by atoms with Gasteiger partial charge in [0.05, 0.1) is 29.7 Å². The minimum Gasteiger partial charge on any atom is -0.269 e. The Labute approximate surface area is 134 Å². The maximum Gasteiger partial charge on any atom is 0.278 e. The van der Waals surface area contributed by atoms with Crippen LogP contribution in [0.5, 0.6) is 0 Å². The molecule has 0 fully saturated rings. The summed E-state index contributed by atoms with van der Waals surface area (Å²) in [5.41, 5.74) is 5.61. The third-order valence-electron chi connectivity index (χ3n) is 3.50. The second-order valence-corrected chi connectivity index (χ2v) is 5.10. The number of benzene rings is 2. The fraction of sp³-hybridized carbons (Fsp3) is 0.111. The van der Waals surface area contributed by atoms with E-state index in [-0.39, 0.29) is 5.91 Å². The molecule has 0 radical (unpaired) electrons. The molecule has 0 bridgehead atoms. The van der Waals surface area contributed by atoms with Gasteiger partial charge in [0.25, 0.3) is 5.91 Å². The average molecular weight is 307 g/mol. The van der Waals surface area contributed by atoms with E-state index in [0.29, 0.717) is 12.2 Å². The lowest BCUT2D eigenvalue weighted by atomic mass is 10.2. The van der Waals surface area contributed by atoms with E-state index >= 15 is 0 Å². The first-order valence-electron chi connectivity index (χ1n) is 7.32. The Kier molecular flexibility index (Phi) is 4.49. The molecule has 0 aliphatic rings. The van der Waals surface area contributed by atoms with Crippen molar-refractivity contribution in [2.75, 3.05) is 0 Å². The molecule has 3 aromatic rings. The van der Waals surface area contributed by atoms with Gasteiger partial charge in [0.1, 0.15) is 0 Å². The fourth-order valence-corrected chi connectivity index (χ4v) is 2.28. The highest BCUT2D eigenvalue weighted by atomic mass is 16.6. The molecule has 1 aromatic heterocycles. The van der Waals surface area contributed by atoms with Crippen molar-refractivity contribution in [1.82, 2.24) is 15.3 Å². The quantitative estimate of drug-likeness (QED) is 0.737. The monoisotopic (exact) mass is 307 g/mol. The standard InChI is InChI=1S/C18H17N3O2/c1-14-17(12-19-21(14)16-10-6-3-7-11-16)18(22)20-23-13-15-8-4-2-5-9-15/h2-12H,13H2,1H3,(H,20,22). The van der Waals surface area contributed by atoms with Crippen LogP contribution >= 0.6 is 0 Å². The number of amides is 1. The summed E-state index contributed by atoms with van der Waals surface area (Å²) in [6.07, 6.45) is 1.55. The number of nitrogens with zero attached hydrogens (tertiary/aromatic N) is 2. The van der Waals surface area contributed by atoms with Crippen molar-refractivity contribution < 1.29 is 9.63 Å². The zero-order valence-corrected chi connectivity index (χ0v) is 12.8. The molecule has 0 aliphatic heterocycles. The number of carbonyl (C=O) groups is 1. The molecule has 0 atom stereocenters. The van der Waals surface area contributed by atoms with Crippen LogP contribution in [0.4, 0.5) is 0 Å². The second kappa shape index (κ2) is 6.89. The van der Waals surface area contributed by atoms with Crippen LogP contribution in [0.25, 0.3) is 5.69 Å². The highest BCUT2D eigenvalue weighted by Crippen LogP contribution is 2.13. The Bertz CT molecular complexity index is 783. The first-order valence-corrected chi connectivity index (χ1v) is 7.32. The topological polar surface area (TPSA) is 56.1 Å². The summed E-state index contributed by atoms with van der Waals surface area (Å²) in [5.74, 6) is -0.305. The van der Waals surface area contributed by atoms with Crippen LogP contribution in [0, 0.1) is 6.92 Å². The molecular formula is C18H17N3O2. The van der Waals surface area contributed by atoms with Gasteiger partial charge in [0.15, 0.2) is 0 Å². The van der Waals surface area contributed by atoms with Gasteiger partial charge >= 0.3 is 0 Å². The van der Waals surface area contributed by atoms with Crippen molar-refractivity contribution in [2.24, 2.45) is 0 Å². The summed E-state index contributed by atoms with van der Waals surface area (Å²) < 4.78 is 1.73. The largest absolute Gasteiger partial charge is 0.278 e. The van der Waals surface area contributed by atoms with Crippen LogP contribution in [-0.2, 0) is 11.4 Å². The number of rotatable bonds is 5. The maximum absolute atomic E-state index is 12.2. The van der Waals surface area contributed by atoms with Crippen molar-refractivity contribution in [3.63, 3.8) is 0 Å². The molecule has 0 spiro atoms. The molecule has 3 rings (SSSR count). The molecule has 2 aromatic carbocycles. The zero-order chi connectivity index (χ0) is 16.1. The van der Waals surface area contributed by atoms with Gasteiger partial charge in [-0.15, -0.1) is 0 Å². The Balaban J connectivity index is 1.65. The molecule has 0 saturated carbocycles. The predicted octanol–water partition coefficient (Wildman–Crippen LogP) is 3.04. The van der Waals surface area contributed by atoms with Crippen LogP contribution in [0.3, 0.4) is 0 Å². The van der Waals surface area contributed by atoms with E-state index in [1.807, 2.05) is 67.6 Å². The Morgan fingerprint density at radius 2 is 1.74 bits per heavy atom. The number of hydroxylamine groups is 1. The van der Waals surface area contributed by atoms with Crippen LogP contribution in [-0.4, -0.2) is 15.7 Å². The summed E-state index contributed by atoms with van der Waals surface area (Å²) in [7, 11) is 0. The van der Waals surface area contributed by atoms with Gasteiger partial charge in [-0.25, -0.2) is 10.2 Å². The molecule has 0 unspecified atom stereocenters. The third kappa shape index (κ3) is 3.46. The van der Waals surface area contributed by atoms with Crippen LogP contribution in [0.1, 0.15) is 21.6 Å².